The average Bonchev–Trinajstić information content (AvgIpc) is 2.59. The summed E-state index contributed by atoms with van der Waals surface area (Å²) >= 11 is 0. The molecule has 1 N–H and O–H groups in total. The van der Waals surface area contributed by atoms with E-state index in [-0.39, 0.29) is 0 Å². The van der Waals surface area contributed by atoms with Crippen molar-refractivity contribution < 1.29 is 14.2 Å². The Hall–Kier alpha value is -2.46. The van der Waals surface area contributed by atoms with E-state index < -0.39 is 0 Å². The normalized spacial score (nSPS) is 11.1. The van der Waals surface area contributed by atoms with Gasteiger partial charge >= 0.3 is 0 Å². The fraction of sp³-hybridized carbons (Fsp3) is 0.222. The molecule has 22 heavy (non-hydrogen) atoms. The van der Waals surface area contributed by atoms with Gasteiger partial charge in [-0.2, -0.15) is 0 Å². The van der Waals surface area contributed by atoms with Gasteiger partial charge in [-0.05, 0) is 25.3 Å². The van der Waals surface area contributed by atoms with Crippen LogP contribution in [0.2, 0.25) is 0 Å². The number of hydrogen-bond acceptors (Lipinski definition) is 4. The molecule has 0 saturated heterocycles. The molecule has 0 saturated carbocycles. The first-order valence-corrected chi connectivity index (χ1v) is 7.09. The van der Waals surface area contributed by atoms with E-state index in [2.05, 4.69) is 5.32 Å². The molecule has 0 fully saturated rings. The van der Waals surface area contributed by atoms with Crippen molar-refractivity contribution in [1.82, 2.24) is 5.32 Å². The smallest absolute Gasteiger partial charge is 0.211 e. The van der Waals surface area contributed by atoms with Crippen LogP contribution in [-0.4, -0.2) is 27.8 Å². The molecule has 116 valence electrons. The third-order valence-electron chi connectivity index (χ3n) is 3.14. The van der Waals surface area contributed by atoms with Crippen LogP contribution in [0, 0.1) is 0 Å². The van der Waals surface area contributed by atoms with Crippen molar-refractivity contribution in [2.75, 3.05) is 27.8 Å². The van der Waals surface area contributed by atoms with Gasteiger partial charge in [0.05, 0.1) is 14.2 Å². The lowest BCUT2D eigenvalue weighted by molar-refractivity contribution is 0.353. The predicted octanol–water partition coefficient (Wildman–Crippen LogP) is 3.34. The van der Waals surface area contributed by atoms with Crippen molar-refractivity contribution in [2.24, 2.45) is 0 Å². The van der Waals surface area contributed by atoms with Crippen LogP contribution in [0.3, 0.4) is 0 Å². The lowest BCUT2D eigenvalue weighted by Gasteiger charge is -2.16. The van der Waals surface area contributed by atoms with Crippen LogP contribution >= 0.6 is 0 Å². The van der Waals surface area contributed by atoms with Crippen LogP contribution in [0.1, 0.15) is 5.56 Å². The minimum Gasteiger partial charge on any atom is -0.493 e. The number of para-hydroxylation sites is 1. The Bertz CT molecular complexity index is 601. The van der Waals surface area contributed by atoms with Crippen LogP contribution in [0.4, 0.5) is 0 Å². The average molecular weight is 299 g/mol. The first-order valence-electron chi connectivity index (χ1n) is 7.09. The molecule has 0 aromatic heterocycles. The molecule has 0 aliphatic carbocycles. The molecule has 0 heterocycles. The standard InChI is InChI=1S/C18H21NO3/c1-19-13-12-15(14-8-5-4-6-9-14)22-18-16(20-2)10-7-11-17(18)21-3/h4-12,19H,13H2,1-3H3. The van der Waals surface area contributed by atoms with Crippen molar-refractivity contribution in [3.8, 4) is 17.2 Å². The number of rotatable bonds is 7. The Morgan fingerprint density at radius 1 is 0.955 bits per heavy atom. The van der Waals surface area contributed by atoms with Crippen LogP contribution in [0.25, 0.3) is 5.76 Å². The quantitative estimate of drug-likeness (QED) is 0.796. The topological polar surface area (TPSA) is 39.7 Å². The molecule has 0 aliphatic rings. The molecule has 4 heteroatoms. The molecule has 2 aromatic rings. The second-order valence-corrected chi connectivity index (χ2v) is 4.59. The second-order valence-electron chi connectivity index (χ2n) is 4.59. The molecule has 0 aliphatic heterocycles. The van der Waals surface area contributed by atoms with Crippen molar-refractivity contribution in [3.05, 3.63) is 60.2 Å². The van der Waals surface area contributed by atoms with E-state index in [1.54, 1.807) is 14.2 Å². The maximum Gasteiger partial charge on any atom is 0.211 e. The lowest BCUT2D eigenvalue weighted by atomic mass is 10.2. The van der Waals surface area contributed by atoms with Gasteiger partial charge in [-0.1, -0.05) is 36.4 Å². The van der Waals surface area contributed by atoms with Crippen LogP contribution < -0.4 is 19.5 Å². The summed E-state index contributed by atoms with van der Waals surface area (Å²) in [6.45, 7) is 0.696. The van der Waals surface area contributed by atoms with E-state index in [9.17, 15) is 0 Å². The van der Waals surface area contributed by atoms with Gasteiger partial charge < -0.3 is 19.5 Å². The highest BCUT2D eigenvalue weighted by molar-refractivity contribution is 5.65. The summed E-state index contributed by atoms with van der Waals surface area (Å²) in [4.78, 5) is 0. The molecular weight excluding hydrogens is 278 g/mol. The maximum absolute atomic E-state index is 6.12. The first kappa shape index (κ1) is 15.9. The van der Waals surface area contributed by atoms with E-state index >= 15 is 0 Å². The number of methoxy groups -OCH3 is 2. The highest BCUT2D eigenvalue weighted by Gasteiger charge is 2.14. The fourth-order valence-electron chi connectivity index (χ4n) is 2.04. The number of likely N-dealkylation sites (N-methyl/N-ethyl adjacent to an activating group) is 1. The Balaban J connectivity index is 2.40. The molecule has 0 atom stereocenters. The minimum absolute atomic E-state index is 0.568. The zero-order valence-electron chi connectivity index (χ0n) is 13.1. The zero-order chi connectivity index (χ0) is 15.8. The Kier molecular flexibility index (Phi) is 5.86. The van der Waals surface area contributed by atoms with E-state index in [0.717, 1.165) is 11.3 Å². The van der Waals surface area contributed by atoms with E-state index in [1.807, 2.05) is 61.7 Å². The fourth-order valence-corrected chi connectivity index (χ4v) is 2.04. The second kappa shape index (κ2) is 8.10. The summed E-state index contributed by atoms with van der Waals surface area (Å²) in [5.41, 5.74) is 0.991. The minimum atomic E-state index is 0.568. The molecule has 4 nitrogen and oxygen atoms in total. The predicted molar refractivity (Wildman–Crippen MR) is 88.5 cm³/mol. The van der Waals surface area contributed by atoms with Crippen LogP contribution in [0.15, 0.2) is 54.6 Å². The van der Waals surface area contributed by atoms with Gasteiger partial charge in [-0.25, -0.2) is 0 Å². The summed E-state index contributed by atoms with van der Waals surface area (Å²) in [6.07, 6.45) is 1.99. The molecule has 2 aromatic carbocycles. The van der Waals surface area contributed by atoms with Gasteiger partial charge in [0, 0.05) is 12.1 Å². The van der Waals surface area contributed by atoms with Crippen molar-refractivity contribution in [2.45, 2.75) is 0 Å². The van der Waals surface area contributed by atoms with E-state index in [0.29, 0.717) is 23.8 Å². The van der Waals surface area contributed by atoms with Crippen molar-refractivity contribution >= 4 is 5.76 Å². The Labute approximate surface area is 131 Å². The number of nitrogens with one attached hydrogen (secondary N) is 1. The monoisotopic (exact) mass is 299 g/mol. The summed E-state index contributed by atoms with van der Waals surface area (Å²) in [7, 11) is 5.12. The molecule has 2 rings (SSSR count). The molecular formula is C18H21NO3. The highest BCUT2D eigenvalue weighted by Crippen LogP contribution is 2.39. The lowest BCUT2D eigenvalue weighted by Crippen LogP contribution is -2.07. The maximum atomic E-state index is 6.12. The molecule has 0 bridgehead atoms. The Morgan fingerprint density at radius 3 is 2.14 bits per heavy atom. The number of hydrogen-bond donors (Lipinski definition) is 1. The van der Waals surface area contributed by atoms with Gasteiger partial charge in [0.2, 0.25) is 5.75 Å². The summed E-state index contributed by atoms with van der Waals surface area (Å²) in [6, 6.07) is 15.5. The molecule has 0 unspecified atom stereocenters. The zero-order valence-corrected chi connectivity index (χ0v) is 13.1. The highest BCUT2D eigenvalue weighted by atomic mass is 16.5. The van der Waals surface area contributed by atoms with Gasteiger partial charge in [0.1, 0.15) is 5.76 Å². The number of benzene rings is 2. The summed E-state index contributed by atoms with van der Waals surface area (Å²) in [5.74, 6) is 2.58. The first-order chi connectivity index (χ1) is 10.8. The van der Waals surface area contributed by atoms with Crippen LogP contribution in [0.5, 0.6) is 17.2 Å². The molecule has 0 radical (unpaired) electrons. The van der Waals surface area contributed by atoms with Gasteiger partial charge in [0.25, 0.3) is 0 Å². The van der Waals surface area contributed by atoms with Gasteiger partial charge in [-0.3, -0.25) is 0 Å². The third-order valence-corrected chi connectivity index (χ3v) is 3.14. The van der Waals surface area contributed by atoms with Gasteiger partial charge in [-0.15, -0.1) is 0 Å². The summed E-state index contributed by atoms with van der Waals surface area (Å²) in [5, 5.41) is 3.09. The SMILES string of the molecule is CNCC=C(Oc1c(OC)cccc1OC)c1ccccc1. The van der Waals surface area contributed by atoms with E-state index in [1.165, 1.54) is 0 Å². The van der Waals surface area contributed by atoms with Crippen LogP contribution in [-0.2, 0) is 0 Å². The van der Waals surface area contributed by atoms with Crippen molar-refractivity contribution in [3.63, 3.8) is 0 Å². The summed E-state index contributed by atoms with van der Waals surface area (Å²) < 4.78 is 16.9. The molecule has 0 spiro atoms. The van der Waals surface area contributed by atoms with Crippen molar-refractivity contribution in [1.29, 1.82) is 0 Å². The largest absolute Gasteiger partial charge is 0.493 e. The molecule has 0 amide bonds. The number of ether oxygens (including phenoxy) is 3. The van der Waals surface area contributed by atoms with Gasteiger partial charge in [0.15, 0.2) is 11.5 Å². The Morgan fingerprint density at radius 2 is 1.59 bits per heavy atom. The third kappa shape index (κ3) is 3.80. The van der Waals surface area contributed by atoms with E-state index in [4.69, 9.17) is 14.2 Å².